The molecular formula is C20H23Cl2N5O3. The smallest absolute Gasteiger partial charge is 0.258 e. The van der Waals surface area contributed by atoms with Crippen LogP contribution in [0.4, 0.5) is 5.82 Å². The lowest BCUT2D eigenvalue weighted by atomic mass is 10.1. The average Bonchev–Trinajstić information content (AvgIpc) is 3.16. The molecule has 4 N–H and O–H groups in total. The monoisotopic (exact) mass is 451 g/mol. The van der Waals surface area contributed by atoms with Gasteiger partial charge >= 0.3 is 0 Å². The largest absolute Gasteiger partial charge is 0.490 e. The summed E-state index contributed by atoms with van der Waals surface area (Å²) in [5.41, 5.74) is 7.78. The second-order valence-corrected chi connectivity index (χ2v) is 7.94. The minimum absolute atomic E-state index is 0.151. The van der Waals surface area contributed by atoms with E-state index < -0.39 is 6.04 Å². The fourth-order valence-electron chi connectivity index (χ4n) is 2.73. The molecule has 0 unspecified atom stereocenters. The second kappa shape index (κ2) is 9.61. The van der Waals surface area contributed by atoms with Gasteiger partial charge in [-0.05, 0) is 50.6 Å². The van der Waals surface area contributed by atoms with E-state index in [0.29, 0.717) is 44.6 Å². The standard InChI is InChI=1S/C20H23Cl2N5O3/c1-10(2)24-17-7-13(6-16(22)25-17)20-26-19(27-30-20)12-4-11(3)18(15(21)5-12)29-9-14(23)8-28/h4-7,10,14,28H,8-9,23H2,1-3H3,(H,24,25)/t14-/m1/s1. The number of aromatic nitrogens is 3. The molecule has 0 saturated heterocycles. The molecule has 0 aliphatic carbocycles. The molecule has 0 radical (unpaired) electrons. The summed E-state index contributed by atoms with van der Waals surface area (Å²) in [6, 6.07) is 6.69. The maximum absolute atomic E-state index is 9.04. The lowest BCUT2D eigenvalue weighted by Gasteiger charge is -2.14. The molecule has 10 heteroatoms. The van der Waals surface area contributed by atoms with E-state index in [0.717, 1.165) is 5.56 Å². The Balaban J connectivity index is 1.87. The number of ether oxygens (including phenoxy) is 1. The Morgan fingerprint density at radius 2 is 1.93 bits per heavy atom. The van der Waals surface area contributed by atoms with Crippen molar-refractivity contribution in [3.8, 4) is 28.6 Å². The van der Waals surface area contributed by atoms with Crippen LogP contribution in [-0.4, -0.2) is 45.5 Å². The number of hydrogen-bond acceptors (Lipinski definition) is 8. The van der Waals surface area contributed by atoms with Gasteiger partial charge in [0.25, 0.3) is 5.89 Å². The van der Waals surface area contributed by atoms with Gasteiger partial charge in [0, 0.05) is 17.2 Å². The van der Waals surface area contributed by atoms with Crippen molar-refractivity contribution < 1.29 is 14.4 Å². The lowest BCUT2D eigenvalue weighted by molar-refractivity contribution is 0.206. The number of aliphatic hydroxyl groups excluding tert-OH is 1. The van der Waals surface area contributed by atoms with Crippen LogP contribution in [-0.2, 0) is 0 Å². The van der Waals surface area contributed by atoms with Gasteiger partial charge in [-0.15, -0.1) is 0 Å². The fourth-order valence-corrected chi connectivity index (χ4v) is 3.26. The van der Waals surface area contributed by atoms with Crippen molar-refractivity contribution in [2.75, 3.05) is 18.5 Å². The summed E-state index contributed by atoms with van der Waals surface area (Å²) in [5, 5.41) is 17.0. The van der Waals surface area contributed by atoms with E-state index in [1.165, 1.54) is 0 Å². The Labute approximate surface area is 184 Å². The number of nitrogens with one attached hydrogen (secondary N) is 1. The first-order valence-electron chi connectivity index (χ1n) is 9.34. The number of anilines is 1. The summed E-state index contributed by atoms with van der Waals surface area (Å²) in [6.45, 7) is 5.84. The van der Waals surface area contributed by atoms with Gasteiger partial charge in [0.15, 0.2) is 0 Å². The highest BCUT2D eigenvalue weighted by Crippen LogP contribution is 2.34. The van der Waals surface area contributed by atoms with Crippen molar-refractivity contribution in [1.82, 2.24) is 15.1 Å². The van der Waals surface area contributed by atoms with Crippen LogP contribution in [0.1, 0.15) is 19.4 Å². The molecule has 0 amide bonds. The van der Waals surface area contributed by atoms with Gasteiger partial charge in [-0.2, -0.15) is 4.98 Å². The molecule has 8 nitrogen and oxygen atoms in total. The third-order valence-corrected chi connectivity index (χ3v) is 4.54. The van der Waals surface area contributed by atoms with E-state index in [1.807, 2.05) is 26.8 Å². The van der Waals surface area contributed by atoms with Gasteiger partial charge in [-0.1, -0.05) is 28.4 Å². The molecular weight excluding hydrogens is 429 g/mol. The molecule has 0 aliphatic rings. The number of nitrogens with two attached hydrogens (primary N) is 1. The Hall–Kier alpha value is -2.39. The molecule has 30 heavy (non-hydrogen) atoms. The summed E-state index contributed by atoms with van der Waals surface area (Å²) < 4.78 is 11.1. The molecule has 3 rings (SSSR count). The predicted molar refractivity (Wildman–Crippen MR) is 117 cm³/mol. The van der Waals surface area contributed by atoms with Crippen molar-refractivity contribution in [3.05, 3.63) is 40.0 Å². The SMILES string of the molecule is Cc1cc(-c2noc(-c3cc(Cl)nc(NC(C)C)c3)n2)cc(Cl)c1OC[C@H](N)CO. The van der Waals surface area contributed by atoms with Crippen LogP contribution in [0.15, 0.2) is 28.8 Å². The zero-order valence-electron chi connectivity index (χ0n) is 16.8. The molecule has 2 heterocycles. The first-order chi connectivity index (χ1) is 14.3. The Morgan fingerprint density at radius 1 is 1.17 bits per heavy atom. The highest BCUT2D eigenvalue weighted by Gasteiger charge is 2.16. The number of aryl methyl sites for hydroxylation is 1. The van der Waals surface area contributed by atoms with Crippen molar-refractivity contribution in [3.63, 3.8) is 0 Å². The van der Waals surface area contributed by atoms with Crippen LogP contribution < -0.4 is 15.8 Å². The number of rotatable bonds is 8. The van der Waals surface area contributed by atoms with Gasteiger partial charge < -0.3 is 25.4 Å². The van der Waals surface area contributed by atoms with Crippen LogP contribution in [0.25, 0.3) is 22.8 Å². The maximum atomic E-state index is 9.04. The van der Waals surface area contributed by atoms with Gasteiger partial charge in [-0.25, -0.2) is 4.98 Å². The van der Waals surface area contributed by atoms with Gasteiger partial charge in [0.05, 0.1) is 17.7 Å². The van der Waals surface area contributed by atoms with Crippen molar-refractivity contribution in [1.29, 1.82) is 0 Å². The second-order valence-electron chi connectivity index (χ2n) is 7.14. The number of benzene rings is 1. The third kappa shape index (κ3) is 5.40. The molecule has 0 fully saturated rings. The van der Waals surface area contributed by atoms with E-state index in [-0.39, 0.29) is 19.3 Å². The molecule has 0 bridgehead atoms. The number of pyridine rings is 1. The highest BCUT2D eigenvalue weighted by atomic mass is 35.5. The molecule has 160 valence electrons. The molecule has 1 atom stereocenters. The minimum atomic E-state index is -0.484. The Bertz CT molecular complexity index is 1000. The highest BCUT2D eigenvalue weighted by molar-refractivity contribution is 6.32. The molecule has 0 saturated carbocycles. The minimum Gasteiger partial charge on any atom is -0.490 e. The molecule has 3 aromatic rings. The van der Waals surface area contributed by atoms with Crippen molar-refractivity contribution >= 4 is 29.0 Å². The zero-order valence-corrected chi connectivity index (χ0v) is 18.3. The van der Waals surface area contributed by atoms with Crippen LogP contribution >= 0.6 is 23.2 Å². The molecule has 0 aliphatic heterocycles. The van der Waals surface area contributed by atoms with Gasteiger partial charge in [-0.3, -0.25) is 0 Å². The molecule has 2 aromatic heterocycles. The van der Waals surface area contributed by atoms with E-state index in [4.69, 9.17) is 43.3 Å². The summed E-state index contributed by atoms with van der Waals surface area (Å²) in [7, 11) is 0. The van der Waals surface area contributed by atoms with Crippen LogP contribution in [0.2, 0.25) is 10.2 Å². The van der Waals surface area contributed by atoms with Crippen molar-refractivity contribution in [2.24, 2.45) is 5.73 Å². The number of hydrogen-bond donors (Lipinski definition) is 3. The topological polar surface area (TPSA) is 119 Å². The first-order valence-corrected chi connectivity index (χ1v) is 10.1. The van der Waals surface area contributed by atoms with Crippen LogP contribution in [0, 0.1) is 6.92 Å². The Kier molecular flexibility index (Phi) is 7.14. The third-order valence-electron chi connectivity index (χ3n) is 4.07. The zero-order chi connectivity index (χ0) is 21.8. The summed E-state index contributed by atoms with van der Waals surface area (Å²) in [6.07, 6.45) is 0. The van der Waals surface area contributed by atoms with Crippen molar-refractivity contribution in [2.45, 2.75) is 32.9 Å². The van der Waals surface area contributed by atoms with E-state index >= 15 is 0 Å². The number of nitrogens with zero attached hydrogens (tertiary/aromatic N) is 3. The lowest BCUT2D eigenvalue weighted by Crippen LogP contribution is -2.31. The van der Waals surface area contributed by atoms with Crippen LogP contribution in [0.5, 0.6) is 5.75 Å². The quantitative estimate of drug-likeness (QED) is 0.440. The normalized spacial score (nSPS) is 12.3. The van der Waals surface area contributed by atoms with Crippen LogP contribution in [0.3, 0.4) is 0 Å². The fraction of sp³-hybridized carbons (Fsp3) is 0.350. The predicted octanol–water partition coefficient (Wildman–Crippen LogP) is 3.93. The average molecular weight is 452 g/mol. The number of aliphatic hydroxyl groups is 1. The number of halogens is 2. The van der Waals surface area contributed by atoms with E-state index in [9.17, 15) is 0 Å². The summed E-state index contributed by atoms with van der Waals surface area (Å²) in [5.74, 6) is 1.80. The Morgan fingerprint density at radius 3 is 2.60 bits per heavy atom. The first kappa shape index (κ1) is 22.3. The summed E-state index contributed by atoms with van der Waals surface area (Å²) >= 11 is 12.5. The summed E-state index contributed by atoms with van der Waals surface area (Å²) in [4.78, 5) is 8.71. The van der Waals surface area contributed by atoms with Gasteiger partial charge in [0.1, 0.15) is 23.3 Å². The van der Waals surface area contributed by atoms with E-state index in [2.05, 4.69) is 20.4 Å². The molecule has 0 spiro atoms. The molecule has 1 aromatic carbocycles. The van der Waals surface area contributed by atoms with E-state index in [1.54, 1.807) is 18.2 Å². The van der Waals surface area contributed by atoms with Gasteiger partial charge in [0.2, 0.25) is 5.82 Å². The maximum Gasteiger partial charge on any atom is 0.258 e.